The highest BCUT2D eigenvalue weighted by molar-refractivity contribution is 6.17. The van der Waals surface area contributed by atoms with Crippen molar-refractivity contribution in [2.45, 2.75) is 19.8 Å². The lowest BCUT2D eigenvalue weighted by Crippen LogP contribution is -1.85. The molecule has 0 spiro atoms. The molecule has 5 heteroatoms. The highest BCUT2D eigenvalue weighted by Crippen LogP contribution is 2.20. The third-order valence-electron chi connectivity index (χ3n) is 2.40. The van der Waals surface area contributed by atoms with Gasteiger partial charge in [0.25, 0.3) is 0 Å². The first-order valence-corrected chi connectivity index (χ1v) is 5.89. The van der Waals surface area contributed by atoms with Crippen molar-refractivity contribution in [1.82, 2.24) is 10.2 Å². The number of hydrogen-bond donors (Lipinski definition) is 0. The van der Waals surface area contributed by atoms with E-state index < -0.39 is 0 Å². The van der Waals surface area contributed by atoms with E-state index in [4.69, 9.17) is 16.0 Å². The molecule has 0 aliphatic carbocycles. The van der Waals surface area contributed by atoms with E-state index in [2.05, 4.69) is 10.2 Å². The topological polar surface area (TPSA) is 38.9 Å². The van der Waals surface area contributed by atoms with Gasteiger partial charge in [0.1, 0.15) is 5.82 Å². The highest BCUT2D eigenvalue weighted by Gasteiger charge is 2.09. The molecule has 0 unspecified atom stereocenters. The maximum Gasteiger partial charge on any atom is 0.247 e. The SMILES string of the molecule is Cc1cc(-c2nnc(CCCCl)o2)ccc1F. The fourth-order valence-electron chi connectivity index (χ4n) is 1.47. The van der Waals surface area contributed by atoms with Crippen molar-refractivity contribution >= 4 is 11.6 Å². The van der Waals surface area contributed by atoms with Gasteiger partial charge in [0.05, 0.1) is 0 Å². The van der Waals surface area contributed by atoms with E-state index in [1.54, 1.807) is 19.1 Å². The summed E-state index contributed by atoms with van der Waals surface area (Å²) in [4.78, 5) is 0. The minimum atomic E-state index is -0.240. The number of aryl methyl sites for hydroxylation is 2. The fourth-order valence-corrected chi connectivity index (χ4v) is 1.60. The van der Waals surface area contributed by atoms with Gasteiger partial charge in [-0.2, -0.15) is 0 Å². The minimum Gasteiger partial charge on any atom is -0.421 e. The van der Waals surface area contributed by atoms with Crippen LogP contribution in [-0.4, -0.2) is 16.1 Å². The van der Waals surface area contributed by atoms with Gasteiger partial charge >= 0.3 is 0 Å². The number of rotatable bonds is 4. The first-order valence-electron chi connectivity index (χ1n) is 5.35. The maximum absolute atomic E-state index is 13.1. The number of aromatic nitrogens is 2. The Hall–Kier alpha value is -1.42. The molecule has 0 fully saturated rings. The Morgan fingerprint density at radius 2 is 2.18 bits per heavy atom. The van der Waals surface area contributed by atoms with Crippen LogP contribution in [0.5, 0.6) is 0 Å². The number of halogens is 2. The van der Waals surface area contributed by atoms with Crippen molar-refractivity contribution in [2.24, 2.45) is 0 Å². The molecule has 0 saturated heterocycles. The van der Waals surface area contributed by atoms with Crippen LogP contribution in [0, 0.1) is 12.7 Å². The standard InChI is InChI=1S/C12H12ClFN2O/c1-8-7-9(4-5-10(8)14)12-16-15-11(17-12)3-2-6-13/h4-5,7H,2-3,6H2,1H3. The van der Waals surface area contributed by atoms with Crippen molar-refractivity contribution in [3.8, 4) is 11.5 Å². The zero-order valence-electron chi connectivity index (χ0n) is 9.41. The molecule has 2 rings (SSSR count). The molecule has 1 aromatic carbocycles. The van der Waals surface area contributed by atoms with Crippen LogP contribution in [0.4, 0.5) is 4.39 Å². The van der Waals surface area contributed by atoms with Crippen molar-refractivity contribution in [3.05, 3.63) is 35.5 Å². The molecule has 0 aliphatic rings. The summed E-state index contributed by atoms with van der Waals surface area (Å²) in [6.07, 6.45) is 1.46. The van der Waals surface area contributed by atoms with Crippen LogP contribution < -0.4 is 0 Å². The summed E-state index contributed by atoms with van der Waals surface area (Å²) in [6.45, 7) is 1.70. The lowest BCUT2D eigenvalue weighted by atomic mass is 10.1. The van der Waals surface area contributed by atoms with Crippen LogP contribution in [-0.2, 0) is 6.42 Å². The Kier molecular flexibility index (Phi) is 3.74. The molecular formula is C12H12ClFN2O. The van der Waals surface area contributed by atoms with Crippen LogP contribution in [0.1, 0.15) is 17.9 Å². The van der Waals surface area contributed by atoms with Gasteiger partial charge in [0, 0.05) is 17.9 Å². The molecule has 1 aromatic heterocycles. The normalized spacial score (nSPS) is 10.8. The summed E-state index contributed by atoms with van der Waals surface area (Å²) in [5, 5.41) is 7.84. The Labute approximate surface area is 104 Å². The average Bonchev–Trinajstić information content (AvgIpc) is 2.79. The molecule has 0 radical (unpaired) electrons. The average molecular weight is 255 g/mol. The smallest absolute Gasteiger partial charge is 0.247 e. The van der Waals surface area contributed by atoms with Gasteiger partial charge in [-0.25, -0.2) is 4.39 Å². The molecule has 0 bridgehead atoms. The molecule has 0 aliphatic heterocycles. The Bertz CT molecular complexity index is 513. The van der Waals surface area contributed by atoms with Crippen LogP contribution in [0.25, 0.3) is 11.5 Å². The third-order valence-corrected chi connectivity index (χ3v) is 2.66. The third kappa shape index (κ3) is 2.82. The minimum absolute atomic E-state index is 0.240. The molecule has 90 valence electrons. The van der Waals surface area contributed by atoms with Gasteiger partial charge < -0.3 is 4.42 Å². The number of benzene rings is 1. The molecular weight excluding hydrogens is 243 g/mol. The largest absolute Gasteiger partial charge is 0.421 e. The second-order valence-corrected chi connectivity index (χ2v) is 4.14. The van der Waals surface area contributed by atoms with Gasteiger partial charge in [-0.15, -0.1) is 21.8 Å². The van der Waals surface area contributed by atoms with E-state index in [1.807, 2.05) is 0 Å². The van der Waals surface area contributed by atoms with E-state index >= 15 is 0 Å². The summed E-state index contributed by atoms with van der Waals surface area (Å²) in [7, 11) is 0. The van der Waals surface area contributed by atoms with Gasteiger partial charge in [-0.05, 0) is 37.1 Å². The van der Waals surface area contributed by atoms with Crippen molar-refractivity contribution < 1.29 is 8.81 Å². The Balaban J connectivity index is 2.21. The van der Waals surface area contributed by atoms with Gasteiger partial charge in [-0.1, -0.05) is 0 Å². The van der Waals surface area contributed by atoms with Gasteiger partial charge in [0.2, 0.25) is 11.8 Å². The van der Waals surface area contributed by atoms with Gasteiger partial charge in [-0.3, -0.25) is 0 Å². The van der Waals surface area contributed by atoms with Crippen LogP contribution in [0.3, 0.4) is 0 Å². The predicted molar refractivity (Wildman–Crippen MR) is 63.5 cm³/mol. The Morgan fingerprint density at radius 1 is 1.35 bits per heavy atom. The lowest BCUT2D eigenvalue weighted by molar-refractivity contribution is 0.502. The summed E-state index contributed by atoms with van der Waals surface area (Å²) in [6, 6.07) is 4.71. The zero-order valence-corrected chi connectivity index (χ0v) is 10.2. The molecule has 17 heavy (non-hydrogen) atoms. The summed E-state index contributed by atoms with van der Waals surface area (Å²) in [5.74, 6) is 1.30. The van der Waals surface area contributed by atoms with Crippen LogP contribution in [0.2, 0.25) is 0 Å². The molecule has 0 N–H and O–H groups in total. The first-order chi connectivity index (χ1) is 8.20. The molecule has 0 atom stereocenters. The quantitative estimate of drug-likeness (QED) is 0.786. The second kappa shape index (κ2) is 5.27. The highest BCUT2D eigenvalue weighted by atomic mass is 35.5. The second-order valence-electron chi connectivity index (χ2n) is 3.76. The van der Waals surface area contributed by atoms with E-state index in [1.165, 1.54) is 6.07 Å². The molecule has 3 nitrogen and oxygen atoms in total. The molecule has 0 amide bonds. The van der Waals surface area contributed by atoms with E-state index in [-0.39, 0.29) is 5.82 Å². The summed E-state index contributed by atoms with van der Waals surface area (Å²) in [5.41, 5.74) is 1.29. The van der Waals surface area contributed by atoms with E-state index in [9.17, 15) is 4.39 Å². The van der Waals surface area contributed by atoms with E-state index in [0.717, 1.165) is 12.0 Å². The zero-order chi connectivity index (χ0) is 12.3. The lowest BCUT2D eigenvalue weighted by Gasteiger charge is -1.98. The fraction of sp³-hybridized carbons (Fsp3) is 0.333. The van der Waals surface area contributed by atoms with Crippen molar-refractivity contribution in [2.75, 3.05) is 5.88 Å². The maximum atomic E-state index is 13.1. The Morgan fingerprint density at radius 3 is 2.88 bits per heavy atom. The van der Waals surface area contributed by atoms with E-state index in [0.29, 0.717) is 29.6 Å². The van der Waals surface area contributed by atoms with Crippen LogP contribution in [0.15, 0.2) is 22.6 Å². The monoisotopic (exact) mass is 254 g/mol. The molecule has 0 saturated carbocycles. The number of hydrogen-bond acceptors (Lipinski definition) is 3. The molecule has 2 aromatic rings. The van der Waals surface area contributed by atoms with Gasteiger partial charge in [0.15, 0.2) is 0 Å². The first kappa shape index (κ1) is 12.0. The van der Waals surface area contributed by atoms with Crippen LogP contribution >= 0.6 is 11.6 Å². The predicted octanol–water partition coefficient (Wildman–Crippen LogP) is 3.36. The number of nitrogens with zero attached hydrogens (tertiary/aromatic N) is 2. The molecule has 1 heterocycles. The summed E-state index contributed by atoms with van der Waals surface area (Å²) < 4.78 is 18.6. The van der Waals surface area contributed by atoms with Crippen molar-refractivity contribution in [1.29, 1.82) is 0 Å². The number of alkyl halides is 1. The summed E-state index contributed by atoms with van der Waals surface area (Å²) >= 11 is 5.58. The van der Waals surface area contributed by atoms with Crippen molar-refractivity contribution in [3.63, 3.8) is 0 Å².